The van der Waals surface area contributed by atoms with Crippen molar-refractivity contribution in [2.24, 2.45) is 7.05 Å². The lowest BCUT2D eigenvalue weighted by Crippen LogP contribution is -2.26. The van der Waals surface area contributed by atoms with E-state index in [1.54, 1.807) is 0 Å². The molecular formula is C11H21N3O3. The minimum Gasteiger partial charge on any atom is -0.393 e. The Bertz CT molecular complexity index is 444. The Morgan fingerprint density at radius 1 is 1.29 bits per heavy atom. The summed E-state index contributed by atoms with van der Waals surface area (Å²) in [5.41, 5.74) is -0.786. The number of aliphatic hydroxyl groups is 1. The molecule has 0 aliphatic carbocycles. The molecule has 0 saturated heterocycles. The van der Waals surface area contributed by atoms with Gasteiger partial charge in [-0.05, 0) is 12.8 Å². The quantitative estimate of drug-likeness (QED) is 0.672. The van der Waals surface area contributed by atoms with E-state index in [9.17, 15) is 14.7 Å². The van der Waals surface area contributed by atoms with Crippen LogP contribution in [-0.4, -0.2) is 25.6 Å². The van der Waals surface area contributed by atoms with Gasteiger partial charge in [-0.3, -0.25) is 0 Å². The van der Waals surface area contributed by atoms with E-state index in [1.807, 2.05) is 0 Å². The summed E-state index contributed by atoms with van der Waals surface area (Å²) in [6.07, 6.45) is 4.07. The van der Waals surface area contributed by atoms with Crippen molar-refractivity contribution in [3.63, 3.8) is 0 Å². The Morgan fingerprint density at radius 3 is 2.53 bits per heavy atom. The number of hydrogen-bond donors (Lipinski definition) is 2. The third-order valence-corrected chi connectivity index (χ3v) is 2.88. The van der Waals surface area contributed by atoms with E-state index in [2.05, 4.69) is 12.0 Å². The number of nitrogens with one attached hydrogen (secondary N) is 1. The molecule has 0 bridgehead atoms. The van der Waals surface area contributed by atoms with Gasteiger partial charge in [0.2, 0.25) is 0 Å². The molecule has 2 N–H and O–H groups in total. The molecule has 0 aromatic carbocycles. The highest BCUT2D eigenvalue weighted by molar-refractivity contribution is 4.68. The van der Waals surface area contributed by atoms with Gasteiger partial charge in [0.25, 0.3) is 0 Å². The zero-order valence-corrected chi connectivity index (χ0v) is 10.5. The third kappa shape index (κ3) is 3.89. The Morgan fingerprint density at radius 2 is 2.00 bits per heavy atom. The van der Waals surface area contributed by atoms with Crippen LogP contribution in [0.25, 0.3) is 0 Å². The highest BCUT2D eigenvalue weighted by atomic mass is 16.3. The van der Waals surface area contributed by atoms with Crippen molar-refractivity contribution in [1.82, 2.24) is 14.3 Å². The Kier molecular flexibility index (Phi) is 5.21. The average molecular weight is 243 g/mol. The van der Waals surface area contributed by atoms with Crippen LogP contribution in [0, 0.1) is 0 Å². The number of H-pyrrole nitrogens is 1. The van der Waals surface area contributed by atoms with Gasteiger partial charge in [-0.25, -0.2) is 23.9 Å². The first-order valence-corrected chi connectivity index (χ1v) is 6.10. The van der Waals surface area contributed by atoms with Crippen molar-refractivity contribution in [3.05, 3.63) is 21.0 Å². The smallest absolute Gasteiger partial charge is 0.346 e. The minimum atomic E-state index is -0.421. The van der Waals surface area contributed by atoms with Crippen LogP contribution in [0.15, 0.2) is 9.59 Å². The van der Waals surface area contributed by atoms with E-state index < -0.39 is 11.8 Å². The fourth-order valence-electron chi connectivity index (χ4n) is 1.71. The fourth-order valence-corrected chi connectivity index (χ4v) is 1.71. The van der Waals surface area contributed by atoms with E-state index in [4.69, 9.17) is 0 Å². The van der Waals surface area contributed by atoms with Crippen LogP contribution in [0.2, 0.25) is 0 Å². The van der Waals surface area contributed by atoms with Gasteiger partial charge >= 0.3 is 11.4 Å². The normalized spacial score (nSPS) is 12.9. The maximum Gasteiger partial charge on any atom is 0.346 e. The summed E-state index contributed by atoms with van der Waals surface area (Å²) in [6.45, 7) is 2.46. The van der Waals surface area contributed by atoms with E-state index in [-0.39, 0.29) is 5.69 Å². The summed E-state index contributed by atoms with van der Waals surface area (Å²) in [5, 5.41) is 12.1. The SMILES string of the molecule is CCCCC[C@H](O)CCn1[nH]c(=O)n(C)c1=O. The molecule has 0 unspecified atom stereocenters. The first-order chi connectivity index (χ1) is 8.06. The van der Waals surface area contributed by atoms with Crippen molar-refractivity contribution in [2.75, 3.05) is 0 Å². The molecule has 0 saturated carbocycles. The molecule has 0 aliphatic heterocycles. The van der Waals surface area contributed by atoms with Gasteiger partial charge in [0.15, 0.2) is 0 Å². The molecule has 0 radical (unpaired) electrons. The molecule has 1 aromatic rings. The fraction of sp³-hybridized carbons (Fsp3) is 0.818. The number of aromatic nitrogens is 3. The lowest BCUT2D eigenvalue weighted by molar-refractivity contribution is 0.143. The lowest BCUT2D eigenvalue weighted by atomic mass is 10.1. The highest BCUT2D eigenvalue weighted by Crippen LogP contribution is 2.06. The number of aromatic amines is 1. The average Bonchev–Trinajstić information content (AvgIpc) is 2.54. The summed E-state index contributed by atoms with van der Waals surface area (Å²) >= 11 is 0. The molecule has 0 amide bonds. The Hall–Kier alpha value is -1.30. The van der Waals surface area contributed by atoms with Crippen molar-refractivity contribution in [2.45, 2.75) is 51.7 Å². The number of aliphatic hydroxyl groups excluding tert-OH is 1. The second-order valence-corrected chi connectivity index (χ2v) is 4.35. The molecule has 1 atom stereocenters. The van der Waals surface area contributed by atoms with Gasteiger partial charge in [-0.15, -0.1) is 0 Å². The molecule has 1 rings (SSSR count). The van der Waals surface area contributed by atoms with Gasteiger partial charge in [-0.1, -0.05) is 26.2 Å². The molecule has 17 heavy (non-hydrogen) atoms. The molecule has 98 valence electrons. The van der Waals surface area contributed by atoms with E-state index in [0.29, 0.717) is 13.0 Å². The lowest BCUT2D eigenvalue weighted by Gasteiger charge is -2.09. The summed E-state index contributed by atoms with van der Waals surface area (Å²) in [4.78, 5) is 22.6. The van der Waals surface area contributed by atoms with Crippen LogP contribution in [0.1, 0.15) is 39.0 Å². The second-order valence-electron chi connectivity index (χ2n) is 4.35. The van der Waals surface area contributed by atoms with Crippen LogP contribution >= 0.6 is 0 Å². The van der Waals surface area contributed by atoms with Crippen molar-refractivity contribution in [1.29, 1.82) is 0 Å². The Labute approximate surface area is 99.9 Å². The maximum atomic E-state index is 11.5. The molecule has 1 heterocycles. The van der Waals surface area contributed by atoms with E-state index in [0.717, 1.165) is 30.3 Å². The van der Waals surface area contributed by atoms with E-state index >= 15 is 0 Å². The van der Waals surface area contributed by atoms with Gasteiger partial charge in [0.05, 0.1) is 6.10 Å². The molecule has 0 fully saturated rings. The van der Waals surface area contributed by atoms with Crippen LogP contribution < -0.4 is 11.4 Å². The van der Waals surface area contributed by atoms with Crippen LogP contribution in [0.3, 0.4) is 0 Å². The second kappa shape index (κ2) is 6.44. The van der Waals surface area contributed by atoms with Gasteiger partial charge in [-0.2, -0.15) is 0 Å². The summed E-state index contributed by atoms with van der Waals surface area (Å²) in [7, 11) is 1.43. The molecule has 6 heteroatoms. The van der Waals surface area contributed by atoms with Gasteiger partial charge in [0, 0.05) is 13.6 Å². The molecule has 6 nitrogen and oxygen atoms in total. The molecular weight excluding hydrogens is 222 g/mol. The van der Waals surface area contributed by atoms with Crippen LogP contribution in [-0.2, 0) is 13.6 Å². The van der Waals surface area contributed by atoms with Crippen LogP contribution in [0.4, 0.5) is 0 Å². The van der Waals surface area contributed by atoms with Crippen molar-refractivity contribution in [3.8, 4) is 0 Å². The standard InChI is InChI=1S/C11H21N3O3/c1-3-4-5-6-9(15)7-8-14-11(17)13(2)10(16)12-14/h9,15H,3-8H2,1-2H3,(H,12,16)/t9-/m0/s1. The minimum absolute atomic E-state index is 0.349. The zero-order chi connectivity index (χ0) is 12.8. The number of aryl methyl sites for hydroxylation is 1. The maximum absolute atomic E-state index is 11.5. The first-order valence-electron chi connectivity index (χ1n) is 6.10. The number of rotatable bonds is 7. The van der Waals surface area contributed by atoms with Gasteiger partial charge < -0.3 is 5.11 Å². The predicted octanol–water partition coefficient (Wildman–Crippen LogP) is 0.206. The van der Waals surface area contributed by atoms with Crippen molar-refractivity contribution < 1.29 is 5.11 Å². The summed E-state index contributed by atoms with van der Waals surface area (Å²) in [5.74, 6) is 0. The monoisotopic (exact) mass is 243 g/mol. The van der Waals surface area contributed by atoms with E-state index in [1.165, 1.54) is 11.7 Å². The van der Waals surface area contributed by atoms with Crippen LogP contribution in [0.5, 0.6) is 0 Å². The number of nitrogens with zero attached hydrogens (tertiary/aromatic N) is 2. The predicted molar refractivity (Wildman–Crippen MR) is 65.1 cm³/mol. The molecule has 0 spiro atoms. The number of unbranched alkanes of at least 4 members (excludes halogenated alkanes) is 2. The third-order valence-electron chi connectivity index (χ3n) is 2.88. The topological polar surface area (TPSA) is 80.0 Å². The highest BCUT2D eigenvalue weighted by Gasteiger charge is 2.08. The Balaban J connectivity index is 2.42. The van der Waals surface area contributed by atoms with Gasteiger partial charge in [0.1, 0.15) is 0 Å². The summed E-state index contributed by atoms with van der Waals surface area (Å²) in [6, 6.07) is 0. The molecule has 0 aliphatic rings. The number of hydrogen-bond acceptors (Lipinski definition) is 3. The first kappa shape index (κ1) is 13.8. The zero-order valence-electron chi connectivity index (χ0n) is 10.5. The molecule has 1 aromatic heterocycles. The summed E-state index contributed by atoms with van der Waals surface area (Å²) < 4.78 is 2.26. The largest absolute Gasteiger partial charge is 0.393 e. The van der Waals surface area contributed by atoms with Crippen molar-refractivity contribution >= 4 is 0 Å².